The van der Waals surface area contributed by atoms with Gasteiger partial charge in [-0.1, -0.05) is 30.4 Å². The Balaban J connectivity index is 1.78. The lowest BCUT2D eigenvalue weighted by Gasteiger charge is -2.17. The summed E-state index contributed by atoms with van der Waals surface area (Å²) in [5, 5.41) is 5.07. The Morgan fingerprint density at radius 2 is 2.00 bits per heavy atom. The zero-order chi connectivity index (χ0) is 11.7. The van der Waals surface area contributed by atoms with Crippen LogP contribution >= 0.6 is 11.3 Å². The summed E-state index contributed by atoms with van der Waals surface area (Å²) in [6.45, 7) is 2.27. The molecule has 0 radical (unpaired) electrons. The first kappa shape index (κ1) is 11.0. The maximum Gasteiger partial charge on any atom is 0.0388 e. The summed E-state index contributed by atoms with van der Waals surface area (Å²) in [6.07, 6.45) is 6.90. The van der Waals surface area contributed by atoms with Gasteiger partial charge in [0, 0.05) is 21.7 Å². The van der Waals surface area contributed by atoms with Gasteiger partial charge in [0.25, 0.3) is 0 Å². The smallest absolute Gasteiger partial charge is 0.0388 e. The maximum absolute atomic E-state index is 3.70. The molecule has 0 saturated carbocycles. The van der Waals surface area contributed by atoms with Gasteiger partial charge in [-0.3, -0.25) is 0 Å². The van der Waals surface area contributed by atoms with Crippen molar-refractivity contribution in [2.75, 3.05) is 0 Å². The normalized spacial score (nSPS) is 17.9. The fraction of sp³-hybridized carbons (Fsp3) is 0.333. The van der Waals surface area contributed by atoms with E-state index in [1.165, 1.54) is 27.8 Å². The lowest BCUT2D eigenvalue weighted by Crippen LogP contribution is -2.28. The standard InChI is InChI=1S/C15H17NS/c1-11(16-13-7-3-4-8-13)15-10-12-6-2-5-9-14(12)17-15/h2-6,9-11,13,16H,7-8H2,1H3. The highest BCUT2D eigenvalue weighted by atomic mass is 32.1. The highest BCUT2D eigenvalue weighted by molar-refractivity contribution is 7.19. The molecular formula is C15H17NS. The summed E-state index contributed by atoms with van der Waals surface area (Å²) in [6, 6.07) is 12.0. The van der Waals surface area contributed by atoms with Crippen molar-refractivity contribution in [3.63, 3.8) is 0 Å². The summed E-state index contributed by atoms with van der Waals surface area (Å²) in [4.78, 5) is 1.44. The van der Waals surface area contributed by atoms with Crippen LogP contribution in [0, 0.1) is 0 Å². The molecule has 1 heterocycles. The van der Waals surface area contributed by atoms with E-state index in [-0.39, 0.29) is 0 Å². The Hall–Kier alpha value is -1.12. The van der Waals surface area contributed by atoms with Crippen LogP contribution < -0.4 is 5.32 Å². The first-order valence-corrected chi connectivity index (χ1v) is 7.04. The van der Waals surface area contributed by atoms with Gasteiger partial charge in [0.1, 0.15) is 0 Å². The number of rotatable bonds is 3. The van der Waals surface area contributed by atoms with Crippen molar-refractivity contribution in [1.29, 1.82) is 0 Å². The SMILES string of the molecule is CC(NC1CC=CC1)c1cc2ccccc2s1. The highest BCUT2D eigenvalue weighted by Gasteiger charge is 2.15. The number of benzene rings is 1. The van der Waals surface area contributed by atoms with Gasteiger partial charge < -0.3 is 5.32 Å². The van der Waals surface area contributed by atoms with Crippen molar-refractivity contribution in [1.82, 2.24) is 5.32 Å². The summed E-state index contributed by atoms with van der Waals surface area (Å²) in [5.74, 6) is 0. The van der Waals surface area contributed by atoms with E-state index in [4.69, 9.17) is 0 Å². The van der Waals surface area contributed by atoms with E-state index < -0.39 is 0 Å². The van der Waals surface area contributed by atoms with Crippen molar-refractivity contribution in [3.05, 3.63) is 47.4 Å². The molecule has 0 aliphatic heterocycles. The molecule has 0 amide bonds. The predicted molar refractivity (Wildman–Crippen MR) is 75.5 cm³/mol. The zero-order valence-corrected chi connectivity index (χ0v) is 10.8. The molecular weight excluding hydrogens is 226 g/mol. The molecule has 1 aliphatic carbocycles. The van der Waals surface area contributed by atoms with Crippen LogP contribution in [-0.4, -0.2) is 6.04 Å². The summed E-state index contributed by atoms with van der Waals surface area (Å²) >= 11 is 1.91. The second-order valence-corrected chi connectivity index (χ2v) is 5.83. The van der Waals surface area contributed by atoms with Crippen LogP contribution in [0.3, 0.4) is 0 Å². The van der Waals surface area contributed by atoms with Gasteiger partial charge in [0.15, 0.2) is 0 Å². The van der Waals surface area contributed by atoms with E-state index in [0.717, 1.165) is 0 Å². The minimum Gasteiger partial charge on any atom is -0.306 e. The summed E-state index contributed by atoms with van der Waals surface area (Å²) in [5.41, 5.74) is 0. The van der Waals surface area contributed by atoms with Crippen LogP contribution in [-0.2, 0) is 0 Å². The van der Waals surface area contributed by atoms with Crippen LogP contribution in [0.5, 0.6) is 0 Å². The first-order valence-electron chi connectivity index (χ1n) is 6.22. The second-order valence-electron chi connectivity index (χ2n) is 4.71. The van der Waals surface area contributed by atoms with Gasteiger partial charge in [-0.05, 0) is 37.3 Å². The Morgan fingerprint density at radius 3 is 2.76 bits per heavy atom. The van der Waals surface area contributed by atoms with E-state index in [1.54, 1.807) is 0 Å². The molecule has 1 nitrogen and oxygen atoms in total. The minimum absolute atomic E-state index is 0.456. The molecule has 1 aromatic heterocycles. The summed E-state index contributed by atoms with van der Waals surface area (Å²) in [7, 11) is 0. The number of fused-ring (bicyclic) bond motifs is 1. The average Bonchev–Trinajstić information content (AvgIpc) is 2.96. The number of thiophene rings is 1. The van der Waals surface area contributed by atoms with E-state index in [0.29, 0.717) is 12.1 Å². The fourth-order valence-corrected chi connectivity index (χ4v) is 3.48. The van der Waals surface area contributed by atoms with Crippen molar-refractivity contribution in [2.45, 2.75) is 31.8 Å². The van der Waals surface area contributed by atoms with Crippen molar-refractivity contribution < 1.29 is 0 Å². The molecule has 0 fully saturated rings. The zero-order valence-electron chi connectivity index (χ0n) is 10.0. The number of nitrogens with one attached hydrogen (secondary N) is 1. The molecule has 1 aliphatic rings. The Bertz CT molecular complexity index is 500. The lowest BCUT2D eigenvalue weighted by molar-refractivity contribution is 0.476. The van der Waals surface area contributed by atoms with Crippen LogP contribution in [0.15, 0.2) is 42.5 Å². The van der Waals surface area contributed by atoms with Crippen LogP contribution in [0.4, 0.5) is 0 Å². The molecule has 1 aromatic carbocycles. The Labute approximate surface area is 106 Å². The highest BCUT2D eigenvalue weighted by Crippen LogP contribution is 2.30. The quantitative estimate of drug-likeness (QED) is 0.794. The monoisotopic (exact) mass is 243 g/mol. The molecule has 1 N–H and O–H groups in total. The van der Waals surface area contributed by atoms with Gasteiger partial charge in [0.05, 0.1) is 0 Å². The Kier molecular flexibility index (Phi) is 3.00. The van der Waals surface area contributed by atoms with Crippen LogP contribution in [0.25, 0.3) is 10.1 Å². The predicted octanol–water partition coefficient (Wildman–Crippen LogP) is 4.27. The largest absolute Gasteiger partial charge is 0.306 e. The molecule has 0 spiro atoms. The lowest BCUT2D eigenvalue weighted by atomic mass is 10.1. The second kappa shape index (κ2) is 4.63. The molecule has 1 atom stereocenters. The minimum atomic E-state index is 0.456. The number of hydrogen-bond donors (Lipinski definition) is 1. The van der Waals surface area contributed by atoms with Gasteiger partial charge in [0.2, 0.25) is 0 Å². The third kappa shape index (κ3) is 2.28. The third-order valence-corrected chi connectivity index (χ3v) is 4.66. The third-order valence-electron chi connectivity index (χ3n) is 3.36. The van der Waals surface area contributed by atoms with E-state index >= 15 is 0 Å². The van der Waals surface area contributed by atoms with Crippen molar-refractivity contribution in [2.24, 2.45) is 0 Å². The average molecular weight is 243 g/mol. The van der Waals surface area contributed by atoms with Crippen LogP contribution in [0.1, 0.15) is 30.7 Å². The molecule has 2 aromatic rings. The molecule has 3 rings (SSSR count). The van der Waals surface area contributed by atoms with Gasteiger partial charge in [-0.2, -0.15) is 0 Å². The van der Waals surface area contributed by atoms with Gasteiger partial charge in [-0.15, -0.1) is 11.3 Å². The summed E-state index contributed by atoms with van der Waals surface area (Å²) < 4.78 is 1.39. The van der Waals surface area contributed by atoms with Gasteiger partial charge >= 0.3 is 0 Å². The number of hydrogen-bond acceptors (Lipinski definition) is 2. The molecule has 2 heteroatoms. The first-order chi connectivity index (χ1) is 8.33. The van der Waals surface area contributed by atoms with E-state index in [1.807, 2.05) is 11.3 Å². The van der Waals surface area contributed by atoms with Crippen molar-refractivity contribution in [3.8, 4) is 0 Å². The molecule has 88 valence electrons. The molecule has 0 bridgehead atoms. The maximum atomic E-state index is 3.70. The fourth-order valence-electron chi connectivity index (χ4n) is 2.40. The topological polar surface area (TPSA) is 12.0 Å². The van der Waals surface area contributed by atoms with E-state index in [2.05, 4.69) is 54.7 Å². The molecule has 0 saturated heterocycles. The Morgan fingerprint density at radius 1 is 1.24 bits per heavy atom. The van der Waals surface area contributed by atoms with Crippen LogP contribution in [0.2, 0.25) is 0 Å². The van der Waals surface area contributed by atoms with Crippen molar-refractivity contribution >= 4 is 21.4 Å². The van der Waals surface area contributed by atoms with Gasteiger partial charge in [-0.25, -0.2) is 0 Å². The molecule has 17 heavy (non-hydrogen) atoms. The molecule has 1 unspecified atom stereocenters. The van der Waals surface area contributed by atoms with E-state index in [9.17, 15) is 0 Å².